The molecule has 2 aromatic rings. The van der Waals surface area contributed by atoms with Gasteiger partial charge in [0.2, 0.25) is 11.8 Å². The van der Waals surface area contributed by atoms with Crippen LogP contribution in [0.15, 0.2) is 48.5 Å². The standard InChI is InChI=1S/C24H32N2O3/c1-5-15-25-24(28)19(3)26(17-21-7-6-8-22(16-21)29-4)23(27)14-13-20-11-9-18(2)10-12-20/h6-12,16,19H,5,13-15,17H2,1-4H3,(H,25,28)/t19-/m1/s1. The zero-order chi connectivity index (χ0) is 21.2. The molecular weight excluding hydrogens is 364 g/mol. The third-order valence-corrected chi connectivity index (χ3v) is 4.95. The Labute approximate surface area is 174 Å². The maximum atomic E-state index is 13.1. The third kappa shape index (κ3) is 6.93. The second kappa shape index (κ2) is 11.2. The van der Waals surface area contributed by atoms with Gasteiger partial charge in [-0.25, -0.2) is 0 Å². The summed E-state index contributed by atoms with van der Waals surface area (Å²) in [5, 5.41) is 2.90. The van der Waals surface area contributed by atoms with Crippen LogP contribution in [0.3, 0.4) is 0 Å². The molecule has 5 heteroatoms. The molecule has 0 aromatic heterocycles. The number of hydrogen-bond acceptors (Lipinski definition) is 3. The summed E-state index contributed by atoms with van der Waals surface area (Å²) in [6.45, 7) is 6.81. The van der Waals surface area contributed by atoms with Gasteiger partial charge in [-0.3, -0.25) is 9.59 Å². The van der Waals surface area contributed by atoms with Gasteiger partial charge in [0.1, 0.15) is 11.8 Å². The van der Waals surface area contributed by atoms with Crippen LogP contribution >= 0.6 is 0 Å². The van der Waals surface area contributed by atoms with E-state index in [0.29, 0.717) is 25.9 Å². The van der Waals surface area contributed by atoms with Crippen LogP contribution in [0, 0.1) is 6.92 Å². The first-order valence-electron chi connectivity index (χ1n) is 10.2. The SMILES string of the molecule is CCCNC(=O)[C@@H](C)N(Cc1cccc(OC)c1)C(=O)CCc1ccc(C)cc1. The van der Waals surface area contributed by atoms with Gasteiger partial charge in [-0.15, -0.1) is 0 Å². The first-order valence-corrected chi connectivity index (χ1v) is 10.2. The fourth-order valence-corrected chi connectivity index (χ4v) is 3.10. The van der Waals surface area contributed by atoms with Crippen molar-refractivity contribution in [2.24, 2.45) is 0 Å². The highest BCUT2D eigenvalue weighted by Gasteiger charge is 2.25. The van der Waals surface area contributed by atoms with Gasteiger partial charge in [-0.1, -0.05) is 48.9 Å². The first-order chi connectivity index (χ1) is 13.9. The molecule has 0 saturated carbocycles. The van der Waals surface area contributed by atoms with Crippen LogP contribution in [0.25, 0.3) is 0 Å². The van der Waals surface area contributed by atoms with Gasteiger partial charge in [-0.05, 0) is 49.9 Å². The molecule has 0 aliphatic rings. The number of amides is 2. The van der Waals surface area contributed by atoms with Gasteiger partial charge >= 0.3 is 0 Å². The van der Waals surface area contributed by atoms with Crippen molar-refractivity contribution < 1.29 is 14.3 Å². The number of methoxy groups -OCH3 is 1. The number of nitrogens with one attached hydrogen (secondary N) is 1. The molecular formula is C24H32N2O3. The molecule has 156 valence electrons. The zero-order valence-corrected chi connectivity index (χ0v) is 17.9. The molecule has 0 aliphatic carbocycles. The highest BCUT2D eigenvalue weighted by molar-refractivity contribution is 5.87. The molecule has 0 radical (unpaired) electrons. The number of hydrogen-bond donors (Lipinski definition) is 1. The van der Waals surface area contributed by atoms with Gasteiger partial charge < -0.3 is 15.0 Å². The maximum absolute atomic E-state index is 13.1. The number of rotatable bonds is 10. The van der Waals surface area contributed by atoms with E-state index in [9.17, 15) is 9.59 Å². The quantitative estimate of drug-likeness (QED) is 0.663. The Bertz CT molecular complexity index is 802. The molecule has 0 fully saturated rings. The molecule has 5 nitrogen and oxygen atoms in total. The van der Waals surface area contributed by atoms with E-state index in [0.717, 1.165) is 23.3 Å². The fourth-order valence-electron chi connectivity index (χ4n) is 3.10. The molecule has 0 bridgehead atoms. The van der Waals surface area contributed by atoms with Crippen LogP contribution < -0.4 is 10.1 Å². The van der Waals surface area contributed by atoms with Gasteiger partial charge in [0, 0.05) is 19.5 Å². The summed E-state index contributed by atoms with van der Waals surface area (Å²) in [7, 11) is 1.62. The predicted molar refractivity (Wildman–Crippen MR) is 116 cm³/mol. The van der Waals surface area contributed by atoms with Crippen LogP contribution in [0.1, 0.15) is 43.4 Å². The van der Waals surface area contributed by atoms with Crippen molar-refractivity contribution in [3.05, 3.63) is 65.2 Å². The van der Waals surface area contributed by atoms with E-state index in [4.69, 9.17) is 4.74 Å². The monoisotopic (exact) mass is 396 g/mol. The molecule has 1 N–H and O–H groups in total. The van der Waals surface area contributed by atoms with E-state index >= 15 is 0 Å². The highest BCUT2D eigenvalue weighted by atomic mass is 16.5. The lowest BCUT2D eigenvalue weighted by Gasteiger charge is -2.29. The Morgan fingerprint density at radius 1 is 1.10 bits per heavy atom. The topological polar surface area (TPSA) is 58.6 Å². The average molecular weight is 397 g/mol. The molecule has 0 aliphatic heterocycles. The van der Waals surface area contributed by atoms with Crippen LogP contribution in [0.5, 0.6) is 5.75 Å². The van der Waals surface area contributed by atoms with E-state index in [-0.39, 0.29) is 11.8 Å². The van der Waals surface area contributed by atoms with Crippen molar-refractivity contribution in [2.75, 3.05) is 13.7 Å². The highest BCUT2D eigenvalue weighted by Crippen LogP contribution is 2.17. The molecule has 29 heavy (non-hydrogen) atoms. The molecule has 1 atom stereocenters. The Kier molecular flexibility index (Phi) is 8.71. The van der Waals surface area contributed by atoms with Crippen LogP contribution in [0.2, 0.25) is 0 Å². The minimum Gasteiger partial charge on any atom is -0.497 e. The van der Waals surface area contributed by atoms with Crippen molar-refractivity contribution in [2.45, 2.75) is 52.6 Å². The van der Waals surface area contributed by atoms with E-state index in [1.807, 2.05) is 50.2 Å². The second-order valence-corrected chi connectivity index (χ2v) is 7.33. The summed E-state index contributed by atoms with van der Waals surface area (Å²) in [5.41, 5.74) is 3.25. The van der Waals surface area contributed by atoms with Crippen LogP contribution in [0.4, 0.5) is 0 Å². The van der Waals surface area contributed by atoms with Gasteiger partial charge in [0.25, 0.3) is 0 Å². The summed E-state index contributed by atoms with van der Waals surface area (Å²) in [4.78, 5) is 27.3. The lowest BCUT2D eigenvalue weighted by atomic mass is 10.1. The van der Waals surface area contributed by atoms with Crippen molar-refractivity contribution in [1.29, 1.82) is 0 Å². The minimum atomic E-state index is -0.543. The van der Waals surface area contributed by atoms with Gasteiger partial charge in [-0.2, -0.15) is 0 Å². The second-order valence-electron chi connectivity index (χ2n) is 7.33. The number of aryl methyl sites for hydroxylation is 2. The molecule has 0 unspecified atom stereocenters. The van der Waals surface area contributed by atoms with E-state index in [1.54, 1.807) is 18.9 Å². The summed E-state index contributed by atoms with van der Waals surface area (Å²) in [6, 6.07) is 15.3. The summed E-state index contributed by atoms with van der Waals surface area (Å²) < 4.78 is 5.29. The Morgan fingerprint density at radius 3 is 2.48 bits per heavy atom. The average Bonchev–Trinajstić information content (AvgIpc) is 2.74. The normalized spacial score (nSPS) is 11.6. The summed E-state index contributed by atoms with van der Waals surface area (Å²) in [5.74, 6) is 0.573. The van der Waals surface area contributed by atoms with Crippen molar-refractivity contribution in [3.63, 3.8) is 0 Å². The smallest absolute Gasteiger partial charge is 0.242 e. The first kappa shape index (κ1) is 22.5. The number of ether oxygens (including phenoxy) is 1. The largest absolute Gasteiger partial charge is 0.497 e. The van der Waals surface area contributed by atoms with Crippen molar-refractivity contribution in [1.82, 2.24) is 10.2 Å². The maximum Gasteiger partial charge on any atom is 0.242 e. The molecule has 0 saturated heterocycles. The molecule has 2 aromatic carbocycles. The Morgan fingerprint density at radius 2 is 1.83 bits per heavy atom. The number of carbonyl (C=O) groups excluding carboxylic acids is 2. The Hall–Kier alpha value is -2.82. The minimum absolute atomic E-state index is 0.0347. The van der Waals surface area contributed by atoms with E-state index in [2.05, 4.69) is 17.4 Å². The summed E-state index contributed by atoms with van der Waals surface area (Å²) in [6.07, 6.45) is 1.87. The number of carbonyl (C=O) groups is 2. The van der Waals surface area contributed by atoms with Crippen molar-refractivity contribution in [3.8, 4) is 5.75 Å². The Balaban J connectivity index is 2.14. The van der Waals surface area contributed by atoms with Gasteiger partial charge in [0.05, 0.1) is 7.11 Å². The van der Waals surface area contributed by atoms with Crippen molar-refractivity contribution >= 4 is 11.8 Å². The van der Waals surface area contributed by atoms with E-state index < -0.39 is 6.04 Å². The molecule has 0 heterocycles. The van der Waals surface area contributed by atoms with Crippen LogP contribution in [-0.4, -0.2) is 36.4 Å². The number of benzene rings is 2. The zero-order valence-electron chi connectivity index (χ0n) is 17.9. The van der Waals surface area contributed by atoms with Gasteiger partial charge in [0.15, 0.2) is 0 Å². The fraction of sp³-hybridized carbons (Fsp3) is 0.417. The third-order valence-electron chi connectivity index (χ3n) is 4.95. The molecule has 2 amide bonds. The lowest BCUT2D eigenvalue weighted by molar-refractivity contribution is -0.140. The number of nitrogens with zero attached hydrogens (tertiary/aromatic N) is 1. The predicted octanol–water partition coefficient (Wildman–Crippen LogP) is 3.88. The van der Waals surface area contributed by atoms with E-state index in [1.165, 1.54) is 5.56 Å². The lowest BCUT2D eigenvalue weighted by Crippen LogP contribution is -2.47. The summed E-state index contributed by atoms with van der Waals surface area (Å²) >= 11 is 0. The molecule has 0 spiro atoms. The molecule has 2 rings (SSSR count). The van der Waals surface area contributed by atoms with Crippen LogP contribution in [-0.2, 0) is 22.6 Å².